The molecule has 0 fully saturated rings. The Balaban J connectivity index is 3.69. The van der Waals surface area contributed by atoms with Gasteiger partial charge in [-0.05, 0) is 13.3 Å². The van der Waals surface area contributed by atoms with Crippen molar-refractivity contribution in [1.29, 1.82) is 0 Å². The number of aliphatic hydroxyl groups excluding tert-OH is 1. The van der Waals surface area contributed by atoms with E-state index in [2.05, 4.69) is 0 Å². The predicted molar refractivity (Wildman–Crippen MR) is 33.1 cm³/mol. The van der Waals surface area contributed by atoms with Crippen LogP contribution in [0.5, 0.6) is 0 Å². The lowest BCUT2D eigenvalue weighted by molar-refractivity contribution is -0.132. The first kappa shape index (κ1) is 8.17. The van der Waals surface area contributed by atoms with Crippen molar-refractivity contribution in [3.8, 4) is 0 Å². The summed E-state index contributed by atoms with van der Waals surface area (Å²) in [6.45, 7) is 1.50. The van der Waals surface area contributed by atoms with Crippen LogP contribution in [0.1, 0.15) is 13.3 Å². The van der Waals surface area contributed by atoms with E-state index in [1.807, 2.05) is 0 Å². The van der Waals surface area contributed by atoms with Gasteiger partial charge < -0.3 is 10.2 Å². The van der Waals surface area contributed by atoms with Crippen LogP contribution in [0.25, 0.3) is 0 Å². The Bertz CT molecular complexity index is 126. The number of hydrogen-bond donors (Lipinski definition) is 2. The Hall–Kier alpha value is -0.830. The molecule has 3 nitrogen and oxygen atoms in total. The fourth-order valence-electron chi connectivity index (χ4n) is 0.368. The van der Waals surface area contributed by atoms with E-state index in [1.165, 1.54) is 13.0 Å². The Kier molecular flexibility index (Phi) is 3.71. The first-order valence-corrected chi connectivity index (χ1v) is 2.69. The highest BCUT2D eigenvalue weighted by Gasteiger charge is 1.96. The van der Waals surface area contributed by atoms with Crippen molar-refractivity contribution in [1.82, 2.24) is 0 Å². The van der Waals surface area contributed by atoms with E-state index >= 15 is 0 Å². The normalized spacial score (nSPS) is 11.6. The molecule has 0 radical (unpaired) electrons. The Morgan fingerprint density at radius 2 is 2.22 bits per heavy atom. The molecular formula is C6H10O3. The van der Waals surface area contributed by atoms with Gasteiger partial charge in [0.1, 0.15) is 0 Å². The van der Waals surface area contributed by atoms with Gasteiger partial charge in [0.2, 0.25) is 0 Å². The lowest BCUT2D eigenvalue weighted by Gasteiger charge is -1.89. The third kappa shape index (κ3) is 3.73. The fourth-order valence-corrected chi connectivity index (χ4v) is 0.368. The van der Waals surface area contributed by atoms with Crippen LogP contribution in [0.4, 0.5) is 0 Å². The number of aliphatic carboxylic acids is 1. The number of rotatable bonds is 3. The highest BCUT2D eigenvalue weighted by atomic mass is 16.4. The minimum atomic E-state index is -0.927. The number of carbonyl (C=O) groups is 1. The molecule has 3 heteroatoms. The Morgan fingerprint density at radius 3 is 2.56 bits per heavy atom. The van der Waals surface area contributed by atoms with Gasteiger partial charge in [0.15, 0.2) is 0 Å². The first-order valence-electron chi connectivity index (χ1n) is 2.69. The van der Waals surface area contributed by atoms with Gasteiger partial charge in [0.05, 0.1) is 0 Å². The molecule has 0 aliphatic rings. The van der Waals surface area contributed by atoms with Gasteiger partial charge in [-0.15, -0.1) is 0 Å². The van der Waals surface area contributed by atoms with Crippen LogP contribution in [-0.2, 0) is 4.79 Å². The van der Waals surface area contributed by atoms with Crippen molar-refractivity contribution < 1.29 is 15.0 Å². The predicted octanol–water partition coefficient (Wildman–Crippen LogP) is 0.400. The van der Waals surface area contributed by atoms with Gasteiger partial charge in [0.25, 0.3) is 0 Å². The number of aliphatic hydroxyl groups is 1. The van der Waals surface area contributed by atoms with Gasteiger partial charge >= 0.3 is 5.97 Å². The van der Waals surface area contributed by atoms with Gasteiger partial charge in [-0.1, -0.05) is 6.08 Å². The van der Waals surface area contributed by atoms with Crippen molar-refractivity contribution in [3.05, 3.63) is 11.6 Å². The molecule has 2 N–H and O–H groups in total. The SMILES string of the molecule is C/C(=C\CCO)C(=O)O. The average Bonchev–Trinajstić information content (AvgIpc) is 1.82. The molecule has 0 saturated carbocycles. The van der Waals surface area contributed by atoms with E-state index in [0.29, 0.717) is 6.42 Å². The largest absolute Gasteiger partial charge is 0.478 e. The zero-order chi connectivity index (χ0) is 7.28. The summed E-state index contributed by atoms with van der Waals surface area (Å²) in [5.41, 5.74) is 0.282. The minimum absolute atomic E-state index is 0.00458. The monoisotopic (exact) mass is 130 g/mol. The maximum atomic E-state index is 10.1. The molecule has 0 saturated heterocycles. The summed E-state index contributed by atoms with van der Waals surface area (Å²) in [6, 6.07) is 0. The maximum absolute atomic E-state index is 10.1. The van der Waals surface area contributed by atoms with Gasteiger partial charge in [-0.2, -0.15) is 0 Å². The van der Waals surface area contributed by atoms with E-state index in [0.717, 1.165) is 0 Å². The van der Waals surface area contributed by atoms with E-state index < -0.39 is 5.97 Å². The van der Waals surface area contributed by atoms with Crippen LogP contribution in [0, 0.1) is 0 Å². The topological polar surface area (TPSA) is 57.5 Å². The second-order valence-electron chi connectivity index (χ2n) is 1.70. The van der Waals surface area contributed by atoms with E-state index in [1.54, 1.807) is 0 Å². The van der Waals surface area contributed by atoms with Crippen molar-refractivity contribution >= 4 is 5.97 Å². The summed E-state index contributed by atoms with van der Waals surface area (Å²) in [6.07, 6.45) is 1.90. The summed E-state index contributed by atoms with van der Waals surface area (Å²) in [7, 11) is 0. The quantitative estimate of drug-likeness (QED) is 0.543. The zero-order valence-corrected chi connectivity index (χ0v) is 5.29. The summed E-state index contributed by atoms with van der Waals surface area (Å²) in [5, 5.41) is 16.5. The van der Waals surface area contributed by atoms with Gasteiger partial charge in [-0.25, -0.2) is 4.79 Å². The Morgan fingerprint density at radius 1 is 1.67 bits per heavy atom. The van der Waals surface area contributed by atoms with Crippen molar-refractivity contribution in [2.75, 3.05) is 6.61 Å². The van der Waals surface area contributed by atoms with Crippen LogP contribution < -0.4 is 0 Å². The average molecular weight is 130 g/mol. The summed E-state index contributed by atoms with van der Waals surface area (Å²) in [5.74, 6) is -0.927. The van der Waals surface area contributed by atoms with Crippen molar-refractivity contribution in [3.63, 3.8) is 0 Å². The molecule has 9 heavy (non-hydrogen) atoms. The van der Waals surface area contributed by atoms with E-state index in [-0.39, 0.29) is 12.2 Å². The van der Waals surface area contributed by atoms with E-state index in [4.69, 9.17) is 10.2 Å². The van der Waals surface area contributed by atoms with Crippen molar-refractivity contribution in [2.24, 2.45) is 0 Å². The van der Waals surface area contributed by atoms with Gasteiger partial charge in [0, 0.05) is 12.2 Å². The molecule has 0 aromatic heterocycles. The second kappa shape index (κ2) is 4.09. The fraction of sp³-hybridized carbons (Fsp3) is 0.500. The molecule has 0 rings (SSSR count). The van der Waals surface area contributed by atoms with Crippen LogP contribution >= 0.6 is 0 Å². The smallest absolute Gasteiger partial charge is 0.330 e. The van der Waals surface area contributed by atoms with Crippen LogP contribution in [0.2, 0.25) is 0 Å². The molecular weight excluding hydrogens is 120 g/mol. The number of carboxylic acids is 1. The molecule has 0 aliphatic heterocycles. The van der Waals surface area contributed by atoms with E-state index in [9.17, 15) is 4.79 Å². The number of hydrogen-bond acceptors (Lipinski definition) is 2. The highest BCUT2D eigenvalue weighted by Crippen LogP contribution is 1.93. The molecule has 0 bridgehead atoms. The highest BCUT2D eigenvalue weighted by molar-refractivity contribution is 5.85. The molecule has 0 aromatic rings. The van der Waals surface area contributed by atoms with Crippen LogP contribution in [-0.4, -0.2) is 22.8 Å². The molecule has 0 unspecified atom stereocenters. The molecule has 0 aromatic carbocycles. The van der Waals surface area contributed by atoms with Crippen LogP contribution in [0.3, 0.4) is 0 Å². The summed E-state index contributed by atoms with van der Waals surface area (Å²) < 4.78 is 0. The Labute approximate surface area is 53.6 Å². The minimum Gasteiger partial charge on any atom is -0.478 e. The first-order chi connectivity index (χ1) is 4.18. The third-order valence-electron chi connectivity index (χ3n) is 0.917. The second-order valence-corrected chi connectivity index (χ2v) is 1.70. The van der Waals surface area contributed by atoms with Crippen LogP contribution in [0.15, 0.2) is 11.6 Å². The molecule has 0 atom stereocenters. The lowest BCUT2D eigenvalue weighted by atomic mass is 10.2. The molecule has 0 heterocycles. The standard InChI is InChI=1S/C6H10O3/c1-5(6(8)9)3-2-4-7/h3,7H,2,4H2,1H3,(H,8,9)/b5-3+. The van der Waals surface area contributed by atoms with Gasteiger partial charge in [-0.3, -0.25) is 0 Å². The number of carboxylic acid groups (broad SMARTS) is 1. The molecule has 0 amide bonds. The molecule has 52 valence electrons. The lowest BCUT2D eigenvalue weighted by Crippen LogP contribution is -1.95. The summed E-state index contributed by atoms with van der Waals surface area (Å²) >= 11 is 0. The zero-order valence-electron chi connectivity index (χ0n) is 5.29. The third-order valence-corrected chi connectivity index (χ3v) is 0.917. The molecule has 0 aliphatic carbocycles. The van der Waals surface area contributed by atoms with Crippen molar-refractivity contribution in [2.45, 2.75) is 13.3 Å². The maximum Gasteiger partial charge on any atom is 0.330 e. The summed E-state index contributed by atoms with van der Waals surface area (Å²) in [4.78, 5) is 10.1. The molecule has 0 spiro atoms.